The first-order valence-corrected chi connectivity index (χ1v) is 6.36. The second kappa shape index (κ2) is 6.81. The van der Waals surface area contributed by atoms with E-state index in [-0.39, 0.29) is 33.8 Å². The smallest absolute Gasteiger partial charge is 0.336 e. The van der Waals surface area contributed by atoms with E-state index in [1.165, 1.54) is 48.9 Å². The summed E-state index contributed by atoms with van der Waals surface area (Å²) >= 11 is 0. The van der Waals surface area contributed by atoms with E-state index in [4.69, 9.17) is 20.0 Å². The molecule has 0 heterocycles. The van der Waals surface area contributed by atoms with E-state index >= 15 is 0 Å². The molecule has 0 atom stereocenters. The van der Waals surface area contributed by atoms with Gasteiger partial charge in [-0.25, -0.2) is 9.59 Å². The summed E-state index contributed by atoms with van der Waals surface area (Å²) in [5, 5.41) is 36.3. The number of carbonyl (C=O) groups is 2. The van der Waals surface area contributed by atoms with Gasteiger partial charge in [-0.2, -0.15) is 0 Å². The van der Waals surface area contributed by atoms with Gasteiger partial charge in [-0.3, -0.25) is 0 Å². The van der Waals surface area contributed by atoms with Crippen molar-refractivity contribution in [1.82, 2.24) is 0 Å². The van der Waals surface area contributed by atoms with Crippen molar-refractivity contribution in [2.75, 3.05) is 0 Å². The Labute approximate surface area is 135 Å². The van der Waals surface area contributed by atoms with Crippen molar-refractivity contribution in [2.45, 2.75) is 0 Å². The maximum Gasteiger partial charge on any atom is 0.336 e. The van der Waals surface area contributed by atoms with Gasteiger partial charge >= 0.3 is 11.9 Å². The summed E-state index contributed by atoms with van der Waals surface area (Å²) in [5.41, 5.74) is -0.955. The Morgan fingerprint density at radius 1 is 0.792 bits per heavy atom. The van der Waals surface area contributed by atoms with E-state index in [0.29, 0.717) is 0 Å². The molecular formula is C16H8N2O6. The van der Waals surface area contributed by atoms with Crippen molar-refractivity contribution in [2.24, 2.45) is 0 Å². The van der Waals surface area contributed by atoms with E-state index in [2.05, 4.69) is 0 Å². The Kier molecular flexibility index (Phi) is 4.64. The minimum absolute atomic E-state index is 0.171. The van der Waals surface area contributed by atoms with Crippen LogP contribution < -0.4 is 9.47 Å². The number of rotatable bonds is 5. The molecule has 0 aliphatic heterocycles. The summed E-state index contributed by atoms with van der Waals surface area (Å²) in [4.78, 5) is 23.0. The first-order valence-electron chi connectivity index (χ1n) is 6.36. The normalized spacial score (nSPS) is 9.42. The van der Waals surface area contributed by atoms with E-state index in [1.54, 1.807) is 0 Å². The van der Waals surface area contributed by atoms with Gasteiger partial charge in [-0.1, -0.05) is 12.1 Å². The van der Waals surface area contributed by atoms with Crippen LogP contribution in [0.15, 0.2) is 36.4 Å². The van der Waals surface area contributed by atoms with Crippen molar-refractivity contribution >= 4 is 11.9 Å². The van der Waals surface area contributed by atoms with Gasteiger partial charge in [0.05, 0.1) is 11.1 Å². The Hall–Kier alpha value is -4.04. The molecule has 24 heavy (non-hydrogen) atoms. The zero-order valence-electron chi connectivity index (χ0n) is 11.9. The molecule has 2 aromatic carbocycles. The van der Waals surface area contributed by atoms with Gasteiger partial charge in [0.1, 0.15) is 0 Å². The van der Waals surface area contributed by atoms with Crippen LogP contribution in [0.2, 0.25) is 0 Å². The summed E-state index contributed by atoms with van der Waals surface area (Å²) in [7, 11) is 0. The fraction of sp³-hybridized carbons (Fsp3) is 0. The van der Waals surface area contributed by atoms with E-state index < -0.39 is 11.9 Å². The van der Waals surface area contributed by atoms with Crippen molar-refractivity contribution in [3.05, 3.63) is 47.5 Å². The molecular weight excluding hydrogens is 316 g/mol. The van der Waals surface area contributed by atoms with Crippen LogP contribution in [0.3, 0.4) is 0 Å². The standard InChI is InChI=1S/C16H8N2O6/c17-7-23-11-5-1-3-9(15(19)20)13(11)14-10(16(21)22)4-2-6-12(14)24-8-18/h1-6H,(H,19,20)(H,21,22). The fourth-order valence-electron chi connectivity index (χ4n) is 2.20. The van der Waals surface area contributed by atoms with Gasteiger partial charge in [0.2, 0.25) is 0 Å². The molecule has 0 unspecified atom stereocenters. The highest BCUT2D eigenvalue weighted by Crippen LogP contribution is 2.41. The number of carboxylic acids is 2. The minimum Gasteiger partial charge on any atom is -0.478 e. The Bertz CT molecular complexity index is 832. The van der Waals surface area contributed by atoms with Gasteiger partial charge in [0.25, 0.3) is 12.5 Å². The van der Waals surface area contributed by atoms with Crippen LogP contribution in [0.4, 0.5) is 0 Å². The van der Waals surface area contributed by atoms with Crippen LogP contribution in [-0.2, 0) is 0 Å². The van der Waals surface area contributed by atoms with Crippen LogP contribution in [-0.4, -0.2) is 22.2 Å². The monoisotopic (exact) mass is 324 g/mol. The second-order valence-corrected chi connectivity index (χ2v) is 4.35. The summed E-state index contributed by atoms with van der Waals surface area (Å²) < 4.78 is 9.52. The maximum absolute atomic E-state index is 11.5. The highest BCUT2D eigenvalue weighted by Gasteiger charge is 2.25. The van der Waals surface area contributed by atoms with Crippen molar-refractivity contribution in [3.63, 3.8) is 0 Å². The molecule has 0 radical (unpaired) electrons. The average molecular weight is 324 g/mol. The number of benzene rings is 2. The van der Waals surface area contributed by atoms with Crippen molar-refractivity contribution < 1.29 is 29.3 Å². The molecule has 0 bridgehead atoms. The first kappa shape index (κ1) is 16.3. The number of hydrogen-bond acceptors (Lipinski definition) is 6. The zero-order valence-corrected chi connectivity index (χ0v) is 11.9. The molecule has 0 aliphatic carbocycles. The quantitative estimate of drug-likeness (QED) is 0.799. The number of nitrogens with zero attached hydrogens (tertiary/aromatic N) is 2. The Morgan fingerprint density at radius 3 is 1.46 bits per heavy atom. The fourth-order valence-corrected chi connectivity index (χ4v) is 2.20. The van der Waals surface area contributed by atoms with E-state index in [1.807, 2.05) is 0 Å². The van der Waals surface area contributed by atoms with Crippen molar-refractivity contribution in [3.8, 4) is 35.1 Å². The molecule has 0 amide bonds. The molecule has 0 saturated carbocycles. The SMILES string of the molecule is N#COc1cccc(C(=O)O)c1-c1c(OC#N)cccc1C(=O)O. The number of carboxylic acid groups (broad SMARTS) is 2. The molecule has 0 saturated heterocycles. The molecule has 0 fully saturated rings. The lowest BCUT2D eigenvalue weighted by atomic mass is 9.93. The van der Waals surface area contributed by atoms with Crippen LogP contribution in [0.25, 0.3) is 11.1 Å². The highest BCUT2D eigenvalue weighted by atomic mass is 16.5. The first-order chi connectivity index (χ1) is 11.5. The summed E-state index contributed by atoms with van der Waals surface area (Å²) in [6.07, 6.45) is 2.83. The molecule has 8 nitrogen and oxygen atoms in total. The third-order valence-corrected chi connectivity index (χ3v) is 3.07. The summed E-state index contributed by atoms with van der Waals surface area (Å²) in [5.74, 6) is -3.07. The molecule has 2 aromatic rings. The van der Waals surface area contributed by atoms with Crippen LogP contribution in [0.5, 0.6) is 11.5 Å². The molecule has 2 N–H and O–H groups in total. The second-order valence-electron chi connectivity index (χ2n) is 4.35. The van der Waals surface area contributed by atoms with E-state index in [0.717, 1.165) is 0 Å². The number of nitriles is 2. The lowest BCUT2D eigenvalue weighted by molar-refractivity contribution is 0.0684. The molecule has 0 aromatic heterocycles. The maximum atomic E-state index is 11.5. The van der Waals surface area contributed by atoms with Crippen LogP contribution in [0.1, 0.15) is 20.7 Å². The van der Waals surface area contributed by atoms with Crippen molar-refractivity contribution in [1.29, 1.82) is 10.5 Å². The highest BCUT2D eigenvalue weighted by molar-refractivity contribution is 6.05. The van der Waals surface area contributed by atoms with Crippen LogP contribution >= 0.6 is 0 Å². The number of hydrogen-bond donors (Lipinski definition) is 2. The Balaban J connectivity index is 2.95. The third-order valence-electron chi connectivity index (χ3n) is 3.07. The van der Waals surface area contributed by atoms with Gasteiger partial charge in [0, 0.05) is 11.1 Å². The summed E-state index contributed by atoms with van der Waals surface area (Å²) in [6.45, 7) is 0. The van der Waals surface area contributed by atoms with E-state index in [9.17, 15) is 19.8 Å². The van der Waals surface area contributed by atoms with Crippen LogP contribution in [0, 0.1) is 23.0 Å². The van der Waals surface area contributed by atoms with Gasteiger partial charge in [-0.15, -0.1) is 10.5 Å². The molecule has 0 aliphatic rings. The minimum atomic E-state index is -1.36. The predicted octanol–water partition coefficient (Wildman–Crippen LogP) is 2.47. The molecule has 0 spiro atoms. The van der Waals surface area contributed by atoms with Gasteiger partial charge in [-0.05, 0) is 24.3 Å². The topological polar surface area (TPSA) is 141 Å². The predicted molar refractivity (Wildman–Crippen MR) is 78.3 cm³/mol. The summed E-state index contributed by atoms with van der Waals surface area (Å²) in [6, 6.07) is 7.73. The lowest BCUT2D eigenvalue weighted by Gasteiger charge is -2.15. The molecule has 118 valence electrons. The largest absolute Gasteiger partial charge is 0.478 e. The van der Waals surface area contributed by atoms with Gasteiger partial charge in [0.15, 0.2) is 11.5 Å². The molecule has 2 rings (SSSR count). The zero-order chi connectivity index (χ0) is 17.7. The van der Waals surface area contributed by atoms with Gasteiger partial charge < -0.3 is 19.7 Å². The third kappa shape index (κ3) is 2.93. The number of ether oxygens (including phenoxy) is 2. The molecule has 8 heteroatoms. The Morgan fingerprint density at radius 2 is 1.17 bits per heavy atom. The average Bonchev–Trinajstić information content (AvgIpc) is 2.55. The lowest BCUT2D eigenvalue weighted by Crippen LogP contribution is -2.07. The number of aromatic carboxylic acids is 2.